The molecule has 1 aliphatic rings. The number of aromatic nitrogens is 2. The summed E-state index contributed by atoms with van der Waals surface area (Å²) >= 11 is 0. The number of rotatable bonds is 9. The van der Waals surface area contributed by atoms with E-state index in [9.17, 15) is 0 Å². The molecule has 0 fully saturated rings. The van der Waals surface area contributed by atoms with E-state index in [0.717, 1.165) is 45.1 Å². The highest BCUT2D eigenvalue weighted by Crippen LogP contribution is 2.51. The number of ether oxygens (including phenoxy) is 1. The van der Waals surface area contributed by atoms with Crippen molar-refractivity contribution < 1.29 is 4.74 Å². The fourth-order valence-electron chi connectivity index (χ4n) is 10.6. The van der Waals surface area contributed by atoms with E-state index in [2.05, 4.69) is 274 Å². The number of para-hydroxylation sites is 1. The van der Waals surface area contributed by atoms with Gasteiger partial charge in [0.2, 0.25) is 0 Å². The summed E-state index contributed by atoms with van der Waals surface area (Å²) in [5.74, 6) is 2.44. The van der Waals surface area contributed by atoms with Crippen molar-refractivity contribution in [1.29, 1.82) is 0 Å². The summed E-state index contributed by atoms with van der Waals surface area (Å²) in [5.41, 5.74) is 15.1. The van der Waals surface area contributed by atoms with Crippen LogP contribution >= 0.6 is 0 Å². The third kappa shape index (κ3) is 8.79. The van der Waals surface area contributed by atoms with Gasteiger partial charge in [0.1, 0.15) is 24.0 Å². The van der Waals surface area contributed by atoms with Crippen LogP contribution < -0.4 is 14.5 Å². The molecule has 0 saturated carbocycles. The molecule has 7 aromatic carbocycles. The largest absolute Gasteiger partial charge is 0.457 e. The molecule has 0 N–H and O–H groups in total. The first-order valence-corrected chi connectivity index (χ1v) is 25.4. The Labute approximate surface area is 422 Å². The number of hydrogen-bond donors (Lipinski definition) is 0. The molecular formula is C66H70N4O. The van der Waals surface area contributed by atoms with Gasteiger partial charge in [0.15, 0.2) is 0 Å². The zero-order valence-corrected chi connectivity index (χ0v) is 44.1. The summed E-state index contributed by atoms with van der Waals surface area (Å²) in [7, 11) is 0. The summed E-state index contributed by atoms with van der Waals surface area (Å²) in [4.78, 5) is 9.97. The highest BCUT2D eigenvalue weighted by atomic mass is 16.5. The van der Waals surface area contributed by atoms with Gasteiger partial charge in [0.05, 0.1) is 22.4 Å². The Bertz CT molecular complexity index is 3410. The van der Waals surface area contributed by atoms with Crippen LogP contribution in [0.15, 0.2) is 176 Å². The Hall–Kier alpha value is -7.11. The molecule has 0 atom stereocenters. The van der Waals surface area contributed by atoms with Gasteiger partial charge >= 0.3 is 0 Å². The topological polar surface area (TPSA) is 33.5 Å². The van der Waals surface area contributed by atoms with Crippen molar-refractivity contribution >= 4 is 44.6 Å². The van der Waals surface area contributed by atoms with Crippen molar-refractivity contribution in [1.82, 2.24) is 9.55 Å². The second kappa shape index (κ2) is 17.3. The first-order valence-electron chi connectivity index (χ1n) is 25.4. The molecule has 360 valence electrons. The van der Waals surface area contributed by atoms with Gasteiger partial charge < -0.3 is 14.5 Å². The third-order valence-electron chi connectivity index (χ3n) is 15.1. The standard InChI is InChI=1S/C66H70N4O/c1-62(2,3)47-34-35-67-61(38-47)70-57-27-21-20-26-53(57)54-33-32-51(40-58(54)70)71-52-37-48(66(12,13)45-24-18-15-19-25-45)36-50(39-52)69-43-68(59-41-55(63(4,5)6)56(42-60(59)69)64(7,8)9)49-30-28-46(29-31-49)65(10,11)44-22-16-14-17-23-44/h14-42H,43H2,1-13H3. The van der Waals surface area contributed by atoms with Gasteiger partial charge in [-0.2, -0.15) is 0 Å². The third-order valence-corrected chi connectivity index (χ3v) is 15.1. The molecule has 0 spiro atoms. The van der Waals surface area contributed by atoms with Crippen molar-refractivity contribution in [3.63, 3.8) is 0 Å². The minimum Gasteiger partial charge on any atom is -0.457 e. The van der Waals surface area contributed by atoms with Crippen LogP contribution in [-0.4, -0.2) is 16.2 Å². The zero-order valence-electron chi connectivity index (χ0n) is 44.1. The first kappa shape index (κ1) is 47.6. The highest BCUT2D eigenvalue weighted by molar-refractivity contribution is 6.09. The lowest BCUT2D eigenvalue weighted by atomic mass is 9.74. The number of anilines is 4. The van der Waals surface area contributed by atoms with E-state index in [0.29, 0.717) is 6.67 Å². The van der Waals surface area contributed by atoms with Crippen molar-refractivity contribution in [3.8, 4) is 17.3 Å². The summed E-state index contributed by atoms with van der Waals surface area (Å²) in [6.07, 6.45) is 1.94. The average molecular weight is 935 g/mol. The van der Waals surface area contributed by atoms with Crippen LogP contribution in [0.25, 0.3) is 27.6 Å². The predicted molar refractivity (Wildman–Crippen MR) is 300 cm³/mol. The fourth-order valence-corrected chi connectivity index (χ4v) is 10.6. The number of pyridine rings is 1. The van der Waals surface area contributed by atoms with Crippen LogP contribution in [0.1, 0.15) is 129 Å². The fraction of sp³-hybridized carbons (Fsp3) is 0.288. The molecule has 5 heteroatoms. The van der Waals surface area contributed by atoms with E-state index in [1.165, 1.54) is 55.7 Å². The van der Waals surface area contributed by atoms with E-state index in [4.69, 9.17) is 9.72 Å². The molecule has 0 radical (unpaired) electrons. The molecule has 9 aromatic rings. The number of benzene rings is 7. The van der Waals surface area contributed by atoms with E-state index in [-0.39, 0.29) is 27.1 Å². The van der Waals surface area contributed by atoms with Crippen LogP contribution in [0.4, 0.5) is 22.7 Å². The van der Waals surface area contributed by atoms with Gasteiger partial charge in [0.25, 0.3) is 0 Å². The molecule has 2 aromatic heterocycles. The number of hydrogen-bond acceptors (Lipinski definition) is 4. The van der Waals surface area contributed by atoms with Crippen LogP contribution in [0.3, 0.4) is 0 Å². The monoisotopic (exact) mass is 935 g/mol. The lowest BCUT2D eigenvalue weighted by Crippen LogP contribution is -2.25. The zero-order chi connectivity index (χ0) is 50.3. The van der Waals surface area contributed by atoms with E-state index in [1.807, 2.05) is 6.20 Å². The van der Waals surface area contributed by atoms with E-state index < -0.39 is 0 Å². The summed E-state index contributed by atoms with van der Waals surface area (Å²) in [5, 5.41) is 2.34. The molecule has 0 bridgehead atoms. The quantitative estimate of drug-likeness (QED) is 0.144. The molecule has 0 saturated heterocycles. The molecule has 0 aliphatic carbocycles. The van der Waals surface area contributed by atoms with E-state index in [1.54, 1.807) is 0 Å². The Morgan fingerprint density at radius 1 is 0.394 bits per heavy atom. The maximum atomic E-state index is 7.17. The summed E-state index contributed by atoms with van der Waals surface area (Å²) in [6, 6.07) is 62.3. The van der Waals surface area contributed by atoms with Gasteiger partial charge in [0, 0.05) is 51.3 Å². The van der Waals surface area contributed by atoms with Crippen molar-refractivity contribution in [3.05, 3.63) is 215 Å². The molecule has 1 aliphatic heterocycles. The molecular weight excluding hydrogens is 865 g/mol. The second-order valence-electron chi connectivity index (χ2n) is 23.9. The molecule has 0 amide bonds. The molecule has 3 heterocycles. The van der Waals surface area contributed by atoms with Crippen molar-refractivity contribution in [2.24, 2.45) is 0 Å². The summed E-state index contributed by atoms with van der Waals surface area (Å²) in [6.45, 7) is 30.7. The maximum Gasteiger partial charge on any atom is 0.137 e. The number of nitrogens with zero attached hydrogens (tertiary/aromatic N) is 4. The van der Waals surface area contributed by atoms with Crippen LogP contribution in [0.2, 0.25) is 0 Å². The average Bonchev–Trinajstić information content (AvgIpc) is 3.89. The van der Waals surface area contributed by atoms with Gasteiger partial charge in [-0.1, -0.05) is 181 Å². The molecule has 10 rings (SSSR count). The van der Waals surface area contributed by atoms with Gasteiger partial charge in [-0.25, -0.2) is 4.98 Å². The predicted octanol–water partition coefficient (Wildman–Crippen LogP) is 17.8. The van der Waals surface area contributed by atoms with Gasteiger partial charge in [-0.05, 0) is 122 Å². The first-order chi connectivity index (χ1) is 33.6. The Morgan fingerprint density at radius 2 is 0.930 bits per heavy atom. The molecule has 71 heavy (non-hydrogen) atoms. The van der Waals surface area contributed by atoms with Crippen LogP contribution in [-0.2, 0) is 27.1 Å². The van der Waals surface area contributed by atoms with E-state index >= 15 is 0 Å². The highest BCUT2D eigenvalue weighted by Gasteiger charge is 2.36. The van der Waals surface area contributed by atoms with Gasteiger partial charge in [-0.15, -0.1) is 0 Å². The summed E-state index contributed by atoms with van der Waals surface area (Å²) < 4.78 is 9.46. The Kier molecular flexibility index (Phi) is 11.6. The molecule has 5 nitrogen and oxygen atoms in total. The molecule has 0 unspecified atom stereocenters. The van der Waals surface area contributed by atoms with Crippen LogP contribution in [0.5, 0.6) is 11.5 Å². The van der Waals surface area contributed by atoms with Crippen LogP contribution in [0, 0.1) is 0 Å². The van der Waals surface area contributed by atoms with Gasteiger partial charge in [-0.3, -0.25) is 4.57 Å². The van der Waals surface area contributed by atoms with Crippen molar-refractivity contribution in [2.75, 3.05) is 16.5 Å². The second-order valence-corrected chi connectivity index (χ2v) is 23.9. The maximum absolute atomic E-state index is 7.17. The Balaban J connectivity index is 1.13. The normalized spacial score (nSPS) is 13.6. The number of fused-ring (bicyclic) bond motifs is 4. The minimum absolute atomic E-state index is 0.0264. The lowest BCUT2D eigenvalue weighted by molar-refractivity contribution is 0.480. The SMILES string of the molecule is CC(C)(C)c1ccnc(-n2c3ccccc3c3ccc(Oc4cc(N5CN(c6ccc(C(C)(C)c7ccccc7)cc6)c6cc(C(C)(C)C)c(C(C)(C)C)cc65)cc(C(C)(C)c5ccccc5)c4)cc32)c1. The minimum atomic E-state index is -0.341. The lowest BCUT2D eigenvalue weighted by Gasteiger charge is -2.32. The Morgan fingerprint density at radius 3 is 1.52 bits per heavy atom. The van der Waals surface area contributed by atoms with Crippen molar-refractivity contribution in [2.45, 2.75) is 117 Å². The smallest absolute Gasteiger partial charge is 0.137 e.